The van der Waals surface area contributed by atoms with Gasteiger partial charge in [-0.25, -0.2) is 4.39 Å². The Morgan fingerprint density at radius 2 is 1.71 bits per heavy atom. The predicted octanol–water partition coefficient (Wildman–Crippen LogP) is 0.549. The summed E-state index contributed by atoms with van der Waals surface area (Å²) >= 11 is 0. The molecule has 1 aromatic carbocycles. The SMILES string of the molecule is Fc1ccc(N2CCN(C3C[CH-]CC3)CC2)cc1.[CH2-]C.[K+]. The minimum atomic E-state index is -0.154. The molecule has 1 aliphatic carbocycles. The second kappa shape index (κ2) is 10.3. The quantitative estimate of drug-likeness (QED) is 0.581. The van der Waals surface area contributed by atoms with Crippen LogP contribution in [0.2, 0.25) is 0 Å². The Balaban J connectivity index is 0.000000706. The first-order valence-corrected chi connectivity index (χ1v) is 7.60. The molecule has 1 unspecified atom stereocenters. The van der Waals surface area contributed by atoms with Gasteiger partial charge in [0.15, 0.2) is 0 Å². The fraction of sp³-hybridized carbons (Fsp3) is 0.529. The molecule has 2 aliphatic rings. The molecule has 0 radical (unpaired) electrons. The van der Waals surface area contributed by atoms with Crippen molar-refractivity contribution in [2.45, 2.75) is 32.2 Å². The Labute approximate surface area is 171 Å². The zero-order valence-corrected chi connectivity index (χ0v) is 16.5. The fourth-order valence-corrected chi connectivity index (χ4v) is 3.07. The summed E-state index contributed by atoms with van der Waals surface area (Å²) < 4.78 is 12.9. The first-order valence-electron chi connectivity index (χ1n) is 7.60. The Bertz CT molecular complexity index is 382. The average molecular weight is 315 g/mol. The van der Waals surface area contributed by atoms with Crippen LogP contribution in [-0.2, 0) is 0 Å². The Kier molecular flexibility index (Phi) is 9.65. The summed E-state index contributed by atoms with van der Waals surface area (Å²) in [4.78, 5) is 4.97. The van der Waals surface area contributed by atoms with Crippen LogP contribution in [0.1, 0.15) is 26.2 Å². The Morgan fingerprint density at radius 1 is 1.10 bits per heavy atom. The fourth-order valence-electron chi connectivity index (χ4n) is 3.07. The molecule has 0 N–H and O–H groups in total. The maximum Gasteiger partial charge on any atom is 1.00 e. The summed E-state index contributed by atoms with van der Waals surface area (Å²) in [5, 5.41) is 0. The van der Waals surface area contributed by atoms with E-state index in [1.807, 2.05) is 12.1 Å². The Hall–Kier alpha value is 0.546. The van der Waals surface area contributed by atoms with E-state index in [9.17, 15) is 4.39 Å². The van der Waals surface area contributed by atoms with Crippen molar-refractivity contribution >= 4 is 5.69 Å². The second-order valence-corrected chi connectivity index (χ2v) is 5.25. The van der Waals surface area contributed by atoms with Gasteiger partial charge in [0.25, 0.3) is 0 Å². The van der Waals surface area contributed by atoms with Gasteiger partial charge in [-0.15, -0.1) is 0 Å². The van der Waals surface area contributed by atoms with Crippen LogP contribution < -0.4 is 56.3 Å². The third-order valence-electron chi connectivity index (χ3n) is 4.17. The van der Waals surface area contributed by atoms with Crippen LogP contribution in [-0.4, -0.2) is 37.1 Å². The van der Waals surface area contributed by atoms with Gasteiger partial charge in [-0.3, -0.25) is 4.90 Å². The number of nitrogens with zero attached hydrogens (tertiary/aromatic N) is 2. The summed E-state index contributed by atoms with van der Waals surface area (Å²) in [6.07, 6.45) is 6.28. The number of hydrogen-bond donors (Lipinski definition) is 0. The van der Waals surface area contributed by atoms with Crippen molar-refractivity contribution < 1.29 is 55.8 Å². The molecular weight excluding hydrogens is 290 g/mol. The Morgan fingerprint density at radius 3 is 2.24 bits per heavy atom. The van der Waals surface area contributed by atoms with Crippen molar-refractivity contribution in [2.24, 2.45) is 0 Å². The number of hydrogen-bond acceptors (Lipinski definition) is 2. The van der Waals surface area contributed by atoms with E-state index in [0.29, 0.717) is 0 Å². The topological polar surface area (TPSA) is 6.48 Å². The standard InChI is InChI=1S/C15H20FN2.C2H5.K/c16-13-5-7-15(8-6-13)18-11-9-17(10-12-18)14-3-1-2-4-14;1-2;/h1,5-8,14H,2-4,9-12H2;1H2,2H3;/q2*-1;+1. The van der Waals surface area contributed by atoms with Gasteiger partial charge in [0, 0.05) is 31.9 Å². The summed E-state index contributed by atoms with van der Waals surface area (Å²) in [6.45, 7) is 9.38. The van der Waals surface area contributed by atoms with Crippen molar-refractivity contribution in [2.75, 3.05) is 31.1 Å². The predicted molar refractivity (Wildman–Crippen MR) is 83.2 cm³/mol. The number of anilines is 1. The number of piperazine rings is 1. The van der Waals surface area contributed by atoms with Crippen LogP contribution in [0.5, 0.6) is 0 Å². The van der Waals surface area contributed by atoms with E-state index in [0.717, 1.165) is 37.9 Å². The molecule has 2 nitrogen and oxygen atoms in total. The normalized spacial score (nSPS) is 22.2. The maximum absolute atomic E-state index is 12.9. The van der Waals surface area contributed by atoms with E-state index in [1.54, 1.807) is 19.1 Å². The zero-order valence-electron chi connectivity index (χ0n) is 13.4. The van der Waals surface area contributed by atoms with Gasteiger partial charge in [0.1, 0.15) is 5.82 Å². The zero-order chi connectivity index (χ0) is 14.4. The molecule has 2 fully saturated rings. The van der Waals surface area contributed by atoms with Crippen LogP contribution in [0, 0.1) is 19.2 Å². The van der Waals surface area contributed by atoms with Crippen LogP contribution in [0.3, 0.4) is 0 Å². The summed E-state index contributed by atoms with van der Waals surface area (Å²) in [5.74, 6) is -0.154. The first kappa shape index (κ1) is 19.6. The molecular formula is C17H25FKN2-. The largest absolute Gasteiger partial charge is 1.00 e. The molecule has 0 amide bonds. The summed E-state index contributed by atoms with van der Waals surface area (Å²) in [7, 11) is 0. The molecule has 0 bridgehead atoms. The monoisotopic (exact) mass is 315 g/mol. The van der Waals surface area contributed by atoms with E-state index in [-0.39, 0.29) is 57.2 Å². The number of halogens is 1. The molecule has 0 spiro atoms. The van der Waals surface area contributed by atoms with Gasteiger partial charge in [-0.05, 0) is 30.3 Å². The molecule has 21 heavy (non-hydrogen) atoms. The minimum Gasteiger partial charge on any atom is -0.369 e. The molecule has 1 aromatic rings. The van der Waals surface area contributed by atoms with Crippen molar-refractivity contribution in [1.29, 1.82) is 0 Å². The van der Waals surface area contributed by atoms with Gasteiger partial charge < -0.3 is 18.2 Å². The van der Waals surface area contributed by atoms with E-state index >= 15 is 0 Å². The average Bonchev–Trinajstić information content (AvgIpc) is 3.05. The van der Waals surface area contributed by atoms with Crippen LogP contribution >= 0.6 is 0 Å². The molecule has 1 saturated carbocycles. The van der Waals surface area contributed by atoms with Gasteiger partial charge in [0.05, 0.1) is 0 Å². The van der Waals surface area contributed by atoms with E-state index in [4.69, 9.17) is 0 Å². The van der Waals surface area contributed by atoms with Crippen LogP contribution in [0.25, 0.3) is 0 Å². The van der Waals surface area contributed by atoms with E-state index in [1.165, 1.54) is 19.3 Å². The molecule has 4 heteroatoms. The minimum absolute atomic E-state index is 0. The third-order valence-corrected chi connectivity index (χ3v) is 4.17. The van der Waals surface area contributed by atoms with Gasteiger partial charge in [-0.1, -0.05) is 6.42 Å². The molecule has 1 heterocycles. The molecule has 1 aliphatic heterocycles. The molecule has 1 saturated heterocycles. The van der Waals surface area contributed by atoms with Crippen LogP contribution in [0.4, 0.5) is 10.1 Å². The third kappa shape index (κ3) is 5.59. The molecule has 3 rings (SSSR count). The smallest absolute Gasteiger partial charge is 0.369 e. The second-order valence-electron chi connectivity index (χ2n) is 5.25. The number of rotatable bonds is 2. The van der Waals surface area contributed by atoms with Crippen LogP contribution in [0.15, 0.2) is 24.3 Å². The maximum atomic E-state index is 12.9. The molecule has 1 atom stereocenters. The van der Waals surface area contributed by atoms with Crippen molar-refractivity contribution in [3.05, 3.63) is 43.4 Å². The summed E-state index contributed by atoms with van der Waals surface area (Å²) in [5.41, 5.74) is 1.15. The van der Waals surface area contributed by atoms with E-state index in [2.05, 4.69) is 23.1 Å². The van der Waals surface area contributed by atoms with Gasteiger partial charge in [0.2, 0.25) is 0 Å². The van der Waals surface area contributed by atoms with Gasteiger partial charge >= 0.3 is 51.4 Å². The summed E-state index contributed by atoms with van der Waals surface area (Å²) in [6, 6.07) is 7.64. The van der Waals surface area contributed by atoms with Crippen molar-refractivity contribution in [3.8, 4) is 0 Å². The first-order chi connectivity index (χ1) is 9.83. The van der Waals surface area contributed by atoms with Crippen molar-refractivity contribution in [3.63, 3.8) is 0 Å². The molecule has 112 valence electrons. The van der Waals surface area contributed by atoms with E-state index < -0.39 is 0 Å². The molecule has 0 aromatic heterocycles. The van der Waals surface area contributed by atoms with Gasteiger partial charge in [-0.2, -0.15) is 19.8 Å². The van der Waals surface area contributed by atoms with Crippen molar-refractivity contribution in [1.82, 2.24) is 4.90 Å². The number of benzene rings is 1.